The topological polar surface area (TPSA) is 117 Å². The summed E-state index contributed by atoms with van der Waals surface area (Å²) in [6.45, 7) is 0.227. The molecule has 8 nitrogen and oxygen atoms in total. The molecule has 2 amide bonds. The van der Waals surface area contributed by atoms with Gasteiger partial charge in [0.05, 0.1) is 24.0 Å². The molecule has 2 aliphatic heterocycles. The van der Waals surface area contributed by atoms with Crippen LogP contribution in [-0.4, -0.2) is 42.3 Å². The van der Waals surface area contributed by atoms with E-state index in [4.69, 9.17) is 10.5 Å². The van der Waals surface area contributed by atoms with Crippen LogP contribution in [0.5, 0.6) is 0 Å². The number of carbonyl (C=O) groups excluding carboxylic acids is 2. The molecule has 0 bridgehead atoms. The van der Waals surface area contributed by atoms with Gasteiger partial charge in [0.1, 0.15) is 0 Å². The normalized spacial score (nSPS) is 21.9. The molecule has 0 saturated carbocycles. The predicted octanol–water partition coefficient (Wildman–Crippen LogP) is 1.50. The fourth-order valence-electron chi connectivity index (χ4n) is 3.84. The number of aliphatic hydroxyl groups is 1. The van der Waals surface area contributed by atoms with Crippen LogP contribution in [-0.2, 0) is 27.0 Å². The van der Waals surface area contributed by atoms with E-state index in [0.717, 1.165) is 22.1 Å². The number of nitrogens with zero attached hydrogens (tertiary/aromatic N) is 1. The number of anilines is 2. The molecule has 2 aromatic rings. The first-order valence-corrected chi connectivity index (χ1v) is 9.87. The van der Waals surface area contributed by atoms with Crippen molar-refractivity contribution in [3.8, 4) is 0 Å². The van der Waals surface area contributed by atoms with Gasteiger partial charge in [-0.1, -0.05) is 18.2 Å². The van der Waals surface area contributed by atoms with Crippen LogP contribution in [0.3, 0.4) is 0 Å². The minimum absolute atomic E-state index is 0.144. The summed E-state index contributed by atoms with van der Waals surface area (Å²) >= 11 is 0. The Kier molecular flexibility index (Phi) is 5.91. The second-order valence-corrected chi connectivity index (χ2v) is 7.50. The molecule has 3 atom stereocenters. The number of amides is 2. The van der Waals surface area contributed by atoms with Gasteiger partial charge in [0.25, 0.3) is 11.8 Å². The zero-order valence-electron chi connectivity index (χ0n) is 16.7. The molecule has 11 heteroatoms. The van der Waals surface area contributed by atoms with Crippen molar-refractivity contribution in [3.63, 3.8) is 0 Å². The van der Waals surface area contributed by atoms with Crippen molar-refractivity contribution < 1.29 is 32.6 Å². The third kappa shape index (κ3) is 4.19. The van der Waals surface area contributed by atoms with E-state index in [1.54, 1.807) is 18.2 Å². The smallest absolute Gasteiger partial charge is 0.380 e. The van der Waals surface area contributed by atoms with Crippen molar-refractivity contribution in [1.29, 1.82) is 0 Å². The number of fused-ring (bicyclic) bond motifs is 1. The number of morpholine rings is 1. The maximum absolute atomic E-state index is 13.4. The second-order valence-electron chi connectivity index (χ2n) is 7.50. The lowest BCUT2D eigenvalue weighted by Gasteiger charge is -2.35. The van der Waals surface area contributed by atoms with E-state index < -0.39 is 35.8 Å². The number of para-hydroxylation sites is 1. The van der Waals surface area contributed by atoms with Gasteiger partial charge in [-0.2, -0.15) is 13.2 Å². The van der Waals surface area contributed by atoms with E-state index in [1.807, 2.05) is 0 Å². The number of nitrogens with one attached hydrogen (secondary N) is 2. The molecule has 1 fully saturated rings. The maximum Gasteiger partial charge on any atom is 0.418 e. The maximum atomic E-state index is 13.4. The van der Waals surface area contributed by atoms with Crippen molar-refractivity contribution in [3.05, 3.63) is 59.2 Å². The first-order valence-electron chi connectivity index (χ1n) is 9.87. The summed E-state index contributed by atoms with van der Waals surface area (Å²) in [4.78, 5) is 26.3. The predicted molar refractivity (Wildman–Crippen MR) is 108 cm³/mol. The summed E-state index contributed by atoms with van der Waals surface area (Å²) < 4.78 is 45.4. The molecular weight excluding hydrogens is 429 g/mol. The average molecular weight is 450 g/mol. The molecule has 5 N–H and O–H groups in total. The van der Waals surface area contributed by atoms with Crippen molar-refractivity contribution >= 4 is 23.2 Å². The van der Waals surface area contributed by atoms with E-state index in [1.165, 1.54) is 18.2 Å². The molecule has 2 aliphatic rings. The molecule has 2 heterocycles. The van der Waals surface area contributed by atoms with Crippen LogP contribution in [0, 0.1) is 0 Å². The highest BCUT2D eigenvalue weighted by Gasteiger charge is 2.42. The number of nitrogens with two attached hydrogens (primary N) is 1. The number of ether oxygens (including phenoxy) is 1. The summed E-state index contributed by atoms with van der Waals surface area (Å²) in [5, 5.41) is 16.0. The van der Waals surface area contributed by atoms with Crippen molar-refractivity contribution in [2.75, 3.05) is 23.4 Å². The molecule has 0 aromatic heterocycles. The van der Waals surface area contributed by atoms with Crippen molar-refractivity contribution in [1.82, 2.24) is 5.32 Å². The van der Waals surface area contributed by atoms with E-state index >= 15 is 0 Å². The van der Waals surface area contributed by atoms with Gasteiger partial charge >= 0.3 is 6.18 Å². The largest absolute Gasteiger partial charge is 0.418 e. The quantitative estimate of drug-likeness (QED) is 0.561. The minimum atomic E-state index is -4.67. The number of rotatable bonds is 4. The van der Waals surface area contributed by atoms with E-state index in [0.29, 0.717) is 12.2 Å². The number of halogens is 3. The van der Waals surface area contributed by atoms with E-state index in [2.05, 4.69) is 10.6 Å². The molecule has 0 spiro atoms. The third-order valence-electron chi connectivity index (χ3n) is 5.44. The summed E-state index contributed by atoms with van der Waals surface area (Å²) in [5.41, 5.74) is 6.69. The second kappa shape index (κ2) is 8.51. The van der Waals surface area contributed by atoms with Gasteiger partial charge in [0, 0.05) is 18.8 Å². The van der Waals surface area contributed by atoms with Gasteiger partial charge in [0.2, 0.25) is 0 Å². The summed E-state index contributed by atoms with van der Waals surface area (Å²) in [6, 6.07) is 9.65. The van der Waals surface area contributed by atoms with Gasteiger partial charge in [-0.25, -0.2) is 0 Å². The summed E-state index contributed by atoms with van der Waals surface area (Å²) in [5.74, 6) is -1.84. The fourth-order valence-corrected chi connectivity index (χ4v) is 3.84. The standard InChI is InChI=1S/C21H21F3N4O4/c22-21(23,24)14-3-1-2-4-15(14)28-7-8-32-17(20(28)31)16(29)19(30)27-12-5-6-13-11(9-12)10-26-18(13)25/h1-6,9,16-18,26,29H,7-8,10,25H2,(H,27,30)/t16-,17-,18?/m1/s1. The van der Waals surface area contributed by atoms with Gasteiger partial charge in [0.15, 0.2) is 12.2 Å². The van der Waals surface area contributed by atoms with Crippen LogP contribution in [0.25, 0.3) is 0 Å². The SMILES string of the molecule is NC1NCc2cc(NC(=O)[C@H](O)[C@H]3OCCN(c4ccccc4C(F)(F)F)C3=O)ccc21. The van der Waals surface area contributed by atoms with Crippen LogP contribution < -0.4 is 21.3 Å². The average Bonchev–Trinajstić information content (AvgIpc) is 3.13. The Hall–Kier alpha value is -2.99. The number of benzene rings is 2. The van der Waals surface area contributed by atoms with Gasteiger partial charge in [-0.05, 0) is 35.4 Å². The van der Waals surface area contributed by atoms with Crippen molar-refractivity contribution in [2.24, 2.45) is 5.73 Å². The van der Waals surface area contributed by atoms with Crippen molar-refractivity contribution in [2.45, 2.75) is 31.1 Å². The van der Waals surface area contributed by atoms with Crippen LogP contribution in [0.1, 0.15) is 22.9 Å². The zero-order valence-corrected chi connectivity index (χ0v) is 16.7. The van der Waals surface area contributed by atoms with Gasteiger partial charge in [-0.15, -0.1) is 0 Å². The lowest BCUT2D eigenvalue weighted by Crippen LogP contribution is -2.55. The molecule has 32 heavy (non-hydrogen) atoms. The number of carbonyl (C=O) groups is 2. The lowest BCUT2D eigenvalue weighted by atomic mass is 10.1. The zero-order chi connectivity index (χ0) is 23.0. The molecule has 170 valence electrons. The number of hydrogen-bond donors (Lipinski definition) is 4. The molecule has 1 saturated heterocycles. The highest BCUT2D eigenvalue weighted by atomic mass is 19.4. The Morgan fingerprint density at radius 3 is 2.78 bits per heavy atom. The molecule has 0 radical (unpaired) electrons. The Bertz CT molecular complexity index is 1050. The number of alkyl halides is 3. The highest BCUT2D eigenvalue weighted by molar-refractivity contribution is 6.04. The molecule has 1 unspecified atom stereocenters. The van der Waals surface area contributed by atoms with E-state index in [9.17, 15) is 27.9 Å². The van der Waals surface area contributed by atoms with Crippen LogP contribution in [0.2, 0.25) is 0 Å². The highest BCUT2D eigenvalue weighted by Crippen LogP contribution is 2.37. The third-order valence-corrected chi connectivity index (χ3v) is 5.44. The van der Waals surface area contributed by atoms with Gasteiger partial charge < -0.3 is 25.8 Å². The van der Waals surface area contributed by atoms with E-state index in [-0.39, 0.29) is 25.0 Å². The lowest BCUT2D eigenvalue weighted by molar-refractivity contribution is -0.150. The Labute approximate surface area is 181 Å². The van der Waals surface area contributed by atoms with Crippen LogP contribution in [0.4, 0.5) is 24.5 Å². The molecular formula is C21H21F3N4O4. The fraction of sp³-hybridized carbons (Fsp3) is 0.333. The summed E-state index contributed by atoms with van der Waals surface area (Å²) in [7, 11) is 0. The molecule has 0 aliphatic carbocycles. The monoisotopic (exact) mass is 450 g/mol. The first kappa shape index (κ1) is 22.2. The Morgan fingerprint density at radius 2 is 2.03 bits per heavy atom. The number of aliphatic hydroxyl groups excluding tert-OH is 1. The first-order chi connectivity index (χ1) is 15.2. The van der Waals surface area contributed by atoms with Gasteiger partial charge in [-0.3, -0.25) is 14.9 Å². The Balaban J connectivity index is 1.50. The molecule has 2 aromatic carbocycles. The minimum Gasteiger partial charge on any atom is -0.380 e. The summed E-state index contributed by atoms with van der Waals surface area (Å²) in [6.07, 6.45) is -8.54. The molecule has 4 rings (SSSR count). The van der Waals surface area contributed by atoms with Crippen LogP contribution in [0.15, 0.2) is 42.5 Å². The Morgan fingerprint density at radius 1 is 1.28 bits per heavy atom. The van der Waals surface area contributed by atoms with Crippen LogP contribution >= 0.6 is 0 Å². The number of hydrogen-bond acceptors (Lipinski definition) is 6.